The number of alkyl halides is 3. The summed E-state index contributed by atoms with van der Waals surface area (Å²) in [5.41, 5.74) is 6.66. The SMILES string of the molecule is COc1ccc(C)cc1NC(=S)NN=Cc1ccc(-c2ncn(-c3ccc(OC(F)(F)F)cc3)n2)cc1. The lowest BCUT2D eigenvalue weighted by atomic mass is 10.1. The van der Waals surface area contributed by atoms with Gasteiger partial charge in [0.05, 0.1) is 24.7 Å². The fourth-order valence-corrected chi connectivity index (χ4v) is 3.44. The molecule has 0 spiro atoms. The molecule has 0 aliphatic rings. The maximum absolute atomic E-state index is 12.3. The predicted molar refractivity (Wildman–Crippen MR) is 138 cm³/mol. The van der Waals surface area contributed by atoms with Crippen molar-refractivity contribution in [3.63, 3.8) is 0 Å². The highest BCUT2D eigenvalue weighted by molar-refractivity contribution is 7.80. The fraction of sp³-hybridized carbons (Fsp3) is 0.120. The van der Waals surface area contributed by atoms with Crippen LogP contribution in [-0.4, -0.2) is 39.6 Å². The highest BCUT2D eigenvalue weighted by Gasteiger charge is 2.31. The van der Waals surface area contributed by atoms with Crippen LogP contribution in [0.2, 0.25) is 0 Å². The van der Waals surface area contributed by atoms with Crippen LogP contribution in [0.5, 0.6) is 11.5 Å². The first-order valence-corrected chi connectivity index (χ1v) is 11.2. The summed E-state index contributed by atoms with van der Waals surface area (Å²) in [6.45, 7) is 1.97. The van der Waals surface area contributed by atoms with Gasteiger partial charge in [0.15, 0.2) is 10.9 Å². The van der Waals surface area contributed by atoms with Crippen molar-refractivity contribution < 1.29 is 22.6 Å². The molecule has 2 N–H and O–H groups in total. The van der Waals surface area contributed by atoms with Gasteiger partial charge in [-0.1, -0.05) is 30.3 Å². The van der Waals surface area contributed by atoms with Crippen molar-refractivity contribution in [3.05, 3.63) is 84.2 Å². The highest BCUT2D eigenvalue weighted by atomic mass is 32.1. The van der Waals surface area contributed by atoms with Gasteiger partial charge in [-0.25, -0.2) is 9.67 Å². The number of aromatic nitrogens is 3. The summed E-state index contributed by atoms with van der Waals surface area (Å²) in [6.07, 6.45) is -1.65. The number of methoxy groups -OCH3 is 1. The first kappa shape index (κ1) is 25.6. The molecule has 0 atom stereocenters. The Hall–Kier alpha value is -4.45. The van der Waals surface area contributed by atoms with Crippen LogP contribution in [0.3, 0.4) is 0 Å². The molecule has 8 nitrogen and oxygen atoms in total. The molecule has 0 aliphatic heterocycles. The van der Waals surface area contributed by atoms with Gasteiger partial charge in [0.2, 0.25) is 0 Å². The van der Waals surface area contributed by atoms with Crippen molar-refractivity contribution in [1.82, 2.24) is 20.2 Å². The van der Waals surface area contributed by atoms with Crippen molar-refractivity contribution in [3.8, 4) is 28.6 Å². The number of thiocarbonyl (C=S) groups is 1. The molecule has 3 aromatic carbocycles. The molecule has 0 saturated carbocycles. The molecule has 1 heterocycles. The zero-order valence-corrected chi connectivity index (χ0v) is 20.5. The third-order valence-corrected chi connectivity index (χ3v) is 5.17. The van der Waals surface area contributed by atoms with Crippen molar-refractivity contribution in [1.29, 1.82) is 0 Å². The normalized spacial score (nSPS) is 11.4. The standard InChI is InChI=1S/C25H21F3N6O2S/c1-16-3-12-22(35-2)21(13-16)31-24(37)32-30-14-17-4-6-18(7-5-17)23-29-15-34(33-23)19-8-10-20(11-9-19)36-25(26,27)28/h3-15H,1-2H3,(H2,31,32,37). The summed E-state index contributed by atoms with van der Waals surface area (Å²) < 4.78 is 47.7. The predicted octanol–water partition coefficient (Wildman–Crippen LogP) is 5.47. The molecular weight excluding hydrogens is 505 g/mol. The zero-order chi connectivity index (χ0) is 26.4. The summed E-state index contributed by atoms with van der Waals surface area (Å²) in [4.78, 5) is 4.28. The molecule has 12 heteroatoms. The number of ether oxygens (including phenoxy) is 2. The summed E-state index contributed by atoms with van der Waals surface area (Å²) in [5.74, 6) is 0.808. The second kappa shape index (κ2) is 11.1. The topological polar surface area (TPSA) is 85.6 Å². The lowest BCUT2D eigenvalue weighted by Gasteiger charge is -2.12. The second-order valence-electron chi connectivity index (χ2n) is 7.70. The Morgan fingerprint density at radius 1 is 1.05 bits per heavy atom. The number of aryl methyl sites for hydroxylation is 1. The van der Waals surface area contributed by atoms with Gasteiger partial charge in [-0.15, -0.1) is 18.3 Å². The average molecular weight is 527 g/mol. The van der Waals surface area contributed by atoms with Gasteiger partial charge < -0.3 is 14.8 Å². The molecule has 0 bridgehead atoms. The minimum Gasteiger partial charge on any atom is -0.495 e. The largest absolute Gasteiger partial charge is 0.573 e. The fourth-order valence-electron chi connectivity index (χ4n) is 3.27. The number of hydrogen-bond donors (Lipinski definition) is 2. The zero-order valence-electron chi connectivity index (χ0n) is 19.7. The van der Waals surface area contributed by atoms with Crippen molar-refractivity contribution >= 4 is 29.2 Å². The summed E-state index contributed by atoms with van der Waals surface area (Å²) >= 11 is 5.29. The quantitative estimate of drug-likeness (QED) is 0.188. The molecule has 0 aliphatic carbocycles. The molecule has 4 rings (SSSR count). The van der Waals surface area contributed by atoms with E-state index < -0.39 is 6.36 Å². The number of nitrogens with zero attached hydrogens (tertiary/aromatic N) is 4. The number of halogens is 3. The van der Waals surface area contributed by atoms with Crippen molar-refractivity contribution in [2.75, 3.05) is 12.4 Å². The van der Waals surface area contributed by atoms with Gasteiger partial charge in [-0.05, 0) is 66.7 Å². The van der Waals surface area contributed by atoms with E-state index in [2.05, 4.69) is 30.7 Å². The number of hydrazone groups is 1. The van der Waals surface area contributed by atoms with Gasteiger partial charge in [0.25, 0.3) is 0 Å². The van der Waals surface area contributed by atoms with E-state index in [4.69, 9.17) is 17.0 Å². The van der Waals surface area contributed by atoms with Crippen LogP contribution in [-0.2, 0) is 0 Å². The van der Waals surface area contributed by atoms with Crippen molar-refractivity contribution in [2.24, 2.45) is 5.10 Å². The van der Waals surface area contributed by atoms with E-state index in [0.29, 0.717) is 22.4 Å². The van der Waals surface area contributed by atoms with Gasteiger partial charge >= 0.3 is 6.36 Å². The minimum absolute atomic E-state index is 0.310. The second-order valence-corrected chi connectivity index (χ2v) is 8.11. The average Bonchev–Trinajstić information content (AvgIpc) is 3.34. The molecule has 0 amide bonds. The lowest BCUT2D eigenvalue weighted by molar-refractivity contribution is -0.274. The van der Waals surface area contributed by atoms with E-state index in [9.17, 15) is 13.2 Å². The van der Waals surface area contributed by atoms with Crippen LogP contribution in [0, 0.1) is 6.92 Å². The number of benzene rings is 3. The van der Waals surface area contributed by atoms with Crippen LogP contribution in [0.4, 0.5) is 18.9 Å². The van der Waals surface area contributed by atoms with Crippen molar-refractivity contribution in [2.45, 2.75) is 13.3 Å². The van der Waals surface area contributed by atoms with Crippen LogP contribution < -0.4 is 20.2 Å². The van der Waals surface area contributed by atoms with Gasteiger partial charge in [-0.3, -0.25) is 5.43 Å². The molecule has 1 aromatic heterocycles. The molecule has 0 radical (unpaired) electrons. The Morgan fingerprint density at radius 2 is 1.78 bits per heavy atom. The molecule has 0 fully saturated rings. The monoisotopic (exact) mass is 526 g/mol. The van der Waals surface area contributed by atoms with Crippen LogP contribution >= 0.6 is 12.2 Å². The Balaban J connectivity index is 1.35. The third-order valence-electron chi connectivity index (χ3n) is 4.98. The van der Waals surface area contributed by atoms with Gasteiger partial charge in [0.1, 0.15) is 17.8 Å². The van der Waals surface area contributed by atoms with Crippen LogP contribution in [0.25, 0.3) is 17.1 Å². The molecule has 190 valence electrons. The van der Waals surface area contributed by atoms with E-state index >= 15 is 0 Å². The van der Waals surface area contributed by atoms with E-state index in [1.54, 1.807) is 13.3 Å². The van der Waals surface area contributed by atoms with Crippen LogP contribution in [0.15, 0.2) is 78.2 Å². The number of anilines is 1. The Morgan fingerprint density at radius 3 is 2.46 bits per heavy atom. The molecule has 0 unspecified atom stereocenters. The van der Waals surface area contributed by atoms with E-state index in [1.807, 2.05) is 49.4 Å². The van der Waals surface area contributed by atoms with Gasteiger partial charge in [0, 0.05) is 5.56 Å². The summed E-state index contributed by atoms with van der Waals surface area (Å²) in [7, 11) is 1.59. The number of nitrogens with one attached hydrogen (secondary N) is 2. The Kier molecular flexibility index (Phi) is 7.68. The molecular formula is C25H21F3N6O2S. The van der Waals surface area contributed by atoms with E-state index in [0.717, 1.165) is 22.4 Å². The summed E-state index contributed by atoms with van der Waals surface area (Å²) in [6, 6.07) is 18.4. The van der Waals surface area contributed by atoms with Crippen LogP contribution in [0.1, 0.15) is 11.1 Å². The highest BCUT2D eigenvalue weighted by Crippen LogP contribution is 2.25. The number of rotatable bonds is 7. The molecule has 4 aromatic rings. The van der Waals surface area contributed by atoms with E-state index in [1.165, 1.54) is 35.3 Å². The Labute approximate surface area is 215 Å². The third kappa shape index (κ3) is 7.04. The smallest absolute Gasteiger partial charge is 0.495 e. The molecule has 37 heavy (non-hydrogen) atoms. The number of hydrogen-bond acceptors (Lipinski definition) is 6. The van der Waals surface area contributed by atoms with E-state index in [-0.39, 0.29) is 5.75 Å². The summed E-state index contributed by atoms with van der Waals surface area (Å²) in [5, 5.41) is 11.9. The van der Waals surface area contributed by atoms with Gasteiger partial charge in [-0.2, -0.15) is 5.10 Å². The first-order chi connectivity index (χ1) is 17.7. The maximum atomic E-state index is 12.3. The molecule has 0 saturated heterocycles. The Bertz CT molecular complexity index is 1400. The minimum atomic E-state index is -4.74. The first-order valence-electron chi connectivity index (χ1n) is 10.8. The lowest BCUT2D eigenvalue weighted by Crippen LogP contribution is -2.24. The maximum Gasteiger partial charge on any atom is 0.573 e.